The summed E-state index contributed by atoms with van der Waals surface area (Å²) in [5.74, 6) is -2.10. The molecule has 2 heterocycles. The Kier molecular flexibility index (Phi) is 10.7. The zero-order valence-electron chi connectivity index (χ0n) is 25.1. The third-order valence-electron chi connectivity index (χ3n) is 8.00. The van der Waals surface area contributed by atoms with Gasteiger partial charge in [0.1, 0.15) is 12.2 Å². The van der Waals surface area contributed by atoms with Gasteiger partial charge < -0.3 is 23.8 Å². The second kappa shape index (κ2) is 14.0. The van der Waals surface area contributed by atoms with E-state index in [4.69, 9.17) is 18.9 Å². The van der Waals surface area contributed by atoms with Crippen molar-refractivity contribution in [3.8, 4) is 0 Å². The Labute approximate surface area is 244 Å². The fraction of sp³-hybridized carbons (Fsp3) is 0.710. The van der Waals surface area contributed by atoms with E-state index in [0.29, 0.717) is 58.5 Å². The van der Waals surface area contributed by atoms with Crippen LogP contribution in [0.3, 0.4) is 0 Å². The van der Waals surface area contributed by atoms with Crippen molar-refractivity contribution in [2.45, 2.75) is 90.4 Å². The lowest BCUT2D eigenvalue weighted by molar-refractivity contribution is -0.280. The molecule has 10 nitrogen and oxygen atoms in total. The molecule has 2 aliphatic heterocycles. The summed E-state index contributed by atoms with van der Waals surface area (Å²) in [6, 6.07) is 9.61. The standard InChI is InChI=1S/C31H47N3O7/c1-5-38-27(35)25-13-15-26(16-14-25)40-31(33-17-9-10-18-33,28(36)41-30(2,3)4)34-21-19-32(20-22-34)29(37)39-23-24-11-7-6-8-12-24/h6-8,11-12,25-26H,5,9-10,13-23H2,1-4H3. The molecule has 0 aromatic heterocycles. The Balaban J connectivity index is 1.49. The molecule has 41 heavy (non-hydrogen) atoms. The highest BCUT2D eigenvalue weighted by atomic mass is 16.6. The van der Waals surface area contributed by atoms with Crippen molar-refractivity contribution in [1.82, 2.24) is 14.7 Å². The molecule has 228 valence electrons. The Morgan fingerprint density at radius 2 is 1.44 bits per heavy atom. The Hall–Kier alpha value is -2.69. The zero-order chi connectivity index (χ0) is 29.5. The predicted molar refractivity (Wildman–Crippen MR) is 153 cm³/mol. The maximum Gasteiger partial charge on any atom is 0.410 e. The minimum Gasteiger partial charge on any atom is -0.466 e. The van der Waals surface area contributed by atoms with Crippen LogP contribution in [0.25, 0.3) is 0 Å². The summed E-state index contributed by atoms with van der Waals surface area (Å²) in [6.07, 6.45) is 4.01. The minimum absolute atomic E-state index is 0.136. The molecule has 1 aromatic carbocycles. The van der Waals surface area contributed by atoms with Crippen molar-refractivity contribution in [2.75, 3.05) is 45.9 Å². The number of carbonyl (C=O) groups excluding carboxylic acids is 3. The lowest BCUT2D eigenvalue weighted by Crippen LogP contribution is -2.71. The molecule has 1 amide bonds. The smallest absolute Gasteiger partial charge is 0.410 e. The lowest BCUT2D eigenvalue weighted by Gasteiger charge is -2.51. The molecule has 1 aromatic rings. The van der Waals surface area contributed by atoms with E-state index in [1.54, 1.807) is 4.90 Å². The largest absolute Gasteiger partial charge is 0.466 e. The highest BCUT2D eigenvalue weighted by Crippen LogP contribution is 2.37. The van der Waals surface area contributed by atoms with E-state index < -0.39 is 17.4 Å². The number of ether oxygens (including phenoxy) is 4. The fourth-order valence-corrected chi connectivity index (χ4v) is 5.93. The maximum atomic E-state index is 14.2. The summed E-state index contributed by atoms with van der Waals surface area (Å²) in [5.41, 5.74) is 0.235. The molecular formula is C31H47N3O7. The van der Waals surface area contributed by atoms with Gasteiger partial charge in [-0.25, -0.2) is 14.5 Å². The van der Waals surface area contributed by atoms with Crippen LogP contribution in [0, 0.1) is 5.92 Å². The van der Waals surface area contributed by atoms with Crippen molar-refractivity contribution in [1.29, 1.82) is 0 Å². The van der Waals surface area contributed by atoms with Gasteiger partial charge in [-0.2, -0.15) is 0 Å². The topological polar surface area (TPSA) is 97.8 Å². The quantitative estimate of drug-likeness (QED) is 0.318. The molecule has 4 rings (SSSR count). The first-order chi connectivity index (χ1) is 19.6. The second-order valence-electron chi connectivity index (χ2n) is 12.2. The van der Waals surface area contributed by atoms with Gasteiger partial charge in [0, 0.05) is 39.3 Å². The third-order valence-corrected chi connectivity index (χ3v) is 8.00. The number of hydrogen-bond donors (Lipinski definition) is 0. The number of piperazine rings is 1. The first kappa shape index (κ1) is 31.3. The van der Waals surface area contributed by atoms with Gasteiger partial charge in [0.25, 0.3) is 5.85 Å². The van der Waals surface area contributed by atoms with E-state index in [1.807, 2.05) is 62.9 Å². The van der Waals surface area contributed by atoms with Crippen LogP contribution in [0.2, 0.25) is 0 Å². The summed E-state index contributed by atoms with van der Waals surface area (Å²) in [6.45, 7) is 11.1. The van der Waals surface area contributed by atoms with E-state index >= 15 is 0 Å². The molecule has 0 bridgehead atoms. The molecule has 0 N–H and O–H groups in total. The van der Waals surface area contributed by atoms with Gasteiger partial charge in [-0.3, -0.25) is 9.69 Å². The average molecular weight is 574 g/mol. The molecule has 1 aliphatic carbocycles. The first-order valence-electron chi connectivity index (χ1n) is 15.2. The van der Waals surface area contributed by atoms with E-state index in [0.717, 1.165) is 31.5 Å². The van der Waals surface area contributed by atoms with Crippen LogP contribution < -0.4 is 0 Å². The average Bonchev–Trinajstić information content (AvgIpc) is 3.50. The molecule has 1 saturated carbocycles. The first-order valence-corrected chi connectivity index (χ1v) is 15.2. The predicted octanol–water partition coefficient (Wildman–Crippen LogP) is 4.17. The lowest BCUT2D eigenvalue weighted by atomic mass is 9.87. The molecule has 2 saturated heterocycles. The van der Waals surface area contributed by atoms with Crippen molar-refractivity contribution in [3.63, 3.8) is 0 Å². The number of carbonyl (C=O) groups is 3. The Bertz CT molecular complexity index is 1010. The number of hydrogen-bond acceptors (Lipinski definition) is 9. The monoisotopic (exact) mass is 573 g/mol. The normalized spacial score (nSPS) is 24.0. The molecule has 0 radical (unpaired) electrons. The highest BCUT2D eigenvalue weighted by molar-refractivity contribution is 5.79. The minimum atomic E-state index is -1.40. The molecule has 1 unspecified atom stereocenters. The Morgan fingerprint density at radius 1 is 0.829 bits per heavy atom. The Morgan fingerprint density at radius 3 is 2.02 bits per heavy atom. The summed E-state index contributed by atoms with van der Waals surface area (Å²) in [7, 11) is 0. The van der Waals surface area contributed by atoms with Crippen LogP contribution in [0.15, 0.2) is 30.3 Å². The van der Waals surface area contributed by atoms with E-state index in [1.165, 1.54) is 0 Å². The van der Waals surface area contributed by atoms with Gasteiger partial charge in [0.15, 0.2) is 0 Å². The van der Waals surface area contributed by atoms with Crippen molar-refractivity contribution < 1.29 is 33.3 Å². The molecule has 1 atom stereocenters. The number of rotatable bonds is 9. The fourth-order valence-electron chi connectivity index (χ4n) is 5.93. The molecular weight excluding hydrogens is 526 g/mol. The third kappa shape index (κ3) is 7.99. The summed E-state index contributed by atoms with van der Waals surface area (Å²) in [5, 5.41) is 0. The summed E-state index contributed by atoms with van der Waals surface area (Å²) in [4.78, 5) is 45.2. The van der Waals surface area contributed by atoms with E-state index in [-0.39, 0.29) is 30.7 Å². The van der Waals surface area contributed by atoms with Crippen molar-refractivity contribution in [3.05, 3.63) is 35.9 Å². The summed E-state index contributed by atoms with van der Waals surface area (Å²) < 4.78 is 23.7. The molecule has 10 heteroatoms. The number of benzene rings is 1. The number of esters is 2. The van der Waals surface area contributed by atoms with Crippen LogP contribution in [-0.4, -0.2) is 96.2 Å². The van der Waals surface area contributed by atoms with Crippen LogP contribution in [0.1, 0.15) is 71.8 Å². The highest BCUT2D eigenvalue weighted by Gasteiger charge is 2.56. The van der Waals surface area contributed by atoms with Gasteiger partial charge >= 0.3 is 18.0 Å². The molecule has 3 fully saturated rings. The molecule has 3 aliphatic rings. The number of amides is 1. The zero-order valence-corrected chi connectivity index (χ0v) is 25.1. The van der Waals surface area contributed by atoms with Gasteiger partial charge in [-0.15, -0.1) is 0 Å². The van der Waals surface area contributed by atoms with E-state index in [2.05, 4.69) is 4.90 Å². The van der Waals surface area contributed by atoms with Gasteiger partial charge in [-0.1, -0.05) is 30.3 Å². The number of nitrogens with zero attached hydrogens (tertiary/aromatic N) is 3. The molecule has 0 spiro atoms. The van der Waals surface area contributed by atoms with Crippen LogP contribution in [-0.2, 0) is 35.1 Å². The van der Waals surface area contributed by atoms with Gasteiger partial charge in [-0.05, 0) is 71.8 Å². The van der Waals surface area contributed by atoms with Crippen LogP contribution in [0.5, 0.6) is 0 Å². The van der Waals surface area contributed by atoms with Gasteiger partial charge in [0.2, 0.25) is 0 Å². The van der Waals surface area contributed by atoms with Crippen molar-refractivity contribution in [2.24, 2.45) is 5.92 Å². The van der Waals surface area contributed by atoms with E-state index in [9.17, 15) is 14.4 Å². The number of likely N-dealkylation sites (tertiary alicyclic amines) is 1. The maximum absolute atomic E-state index is 14.2. The van der Waals surface area contributed by atoms with Crippen LogP contribution >= 0.6 is 0 Å². The SMILES string of the molecule is CCOC(=O)C1CCC(OC(C(=O)OC(C)(C)C)(N2CCCC2)N2CCN(C(=O)OCc3ccccc3)CC2)CC1. The second-order valence-corrected chi connectivity index (χ2v) is 12.2. The van der Waals surface area contributed by atoms with Crippen molar-refractivity contribution >= 4 is 18.0 Å². The summed E-state index contributed by atoms with van der Waals surface area (Å²) >= 11 is 0. The van der Waals surface area contributed by atoms with Crippen LogP contribution in [0.4, 0.5) is 4.79 Å². The van der Waals surface area contributed by atoms with Gasteiger partial charge in [0.05, 0.1) is 18.6 Å².